The van der Waals surface area contributed by atoms with Crippen LogP contribution in [0.5, 0.6) is 0 Å². The molecule has 0 aromatic carbocycles. The van der Waals surface area contributed by atoms with Crippen molar-refractivity contribution in [3.63, 3.8) is 0 Å². The monoisotopic (exact) mass is 222 g/mol. The Labute approximate surface area is 95.9 Å². The van der Waals surface area contributed by atoms with Gasteiger partial charge in [-0.1, -0.05) is 41.5 Å². The first-order valence-corrected chi connectivity index (χ1v) is 3.00. The van der Waals surface area contributed by atoms with Crippen LogP contribution in [0, 0.1) is 0 Å². The van der Waals surface area contributed by atoms with Crippen LogP contribution in [0.3, 0.4) is 0 Å². The average molecular weight is 224 g/mol. The van der Waals surface area contributed by atoms with Gasteiger partial charge in [-0.25, -0.2) is 0 Å². The Morgan fingerprint density at radius 2 is 0.400 bits per heavy atom. The average Bonchev–Trinajstić information content (AvgIpc) is 1.81. The van der Waals surface area contributed by atoms with Gasteiger partial charge in [0.1, 0.15) is 0 Å². The Bertz CT molecular complexity index is 13.0. The van der Waals surface area contributed by atoms with Crippen LogP contribution in [0.1, 0.15) is 41.5 Å². The molecule has 0 N–H and O–H groups in total. The van der Waals surface area contributed by atoms with E-state index < -0.39 is 0 Å². The molecule has 0 aliphatic heterocycles. The quantitative estimate of drug-likeness (QED) is 0.359. The van der Waals surface area contributed by atoms with Crippen LogP contribution in [0.2, 0.25) is 0 Å². The minimum atomic E-state index is 0. The normalized spacial score (nSPS) is 1.80. The molecule has 0 unspecified atom stereocenters. The molecule has 0 saturated carbocycles. The van der Waals surface area contributed by atoms with E-state index in [9.17, 15) is 0 Å². The first-order valence-electron chi connectivity index (χ1n) is 3.00. The third-order valence-corrected chi connectivity index (χ3v) is 0. The van der Waals surface area contributed by atoms with Gasteiger partial charge in [0.15, 0.2) is 0 Å². The molecule has 0 bridgehead atoms. The maximum absolute atomic E-state index is 2.00. The zero-order valence-electron chi connectivity index (χ0n) is 7.71. The summed E-state index contributed by atoms with van der Waals surface area (Å²) >= 11 is 0. The van der Waals surface area contributed by atoms with Crippen molar-refractivity contribution in [3.8, 4) is 0 Å². The molecule has 0 aromatic rings. The second kappa shape index (κ2) is 468. The fourth-order valence-electron chi connectivity index (χ4n) is 0. The molecule has 0 heterocycles. The summed E-state index contributed by atoms with van der Waals surface area (Å²) < 4.78 is 0. The van der Waals surface area contributed by atoms with E-state index in [1.54, 1.807) is 0 Å². The molecule has 0 amide bonds. The minimum Gasteiger partial charge on any atom is -1.00 e. The van der Waals surface area contributed by atoms with Gasteiger partial charge in [-0.15, -0.1) is 0 Å². The number of halogens is 3. The molecule has 0 nitrogen and oxygen atoms in total. The zero-order chi connectivity index (χ0) is 6.00. The van der Waals surface area contributed by atoms with Crippen LogP contribution in [-0.2, 0) is 0 Å². The summed E-state index contributed by atoms with van der Waals surface area (Å²) in [4.78, 5) is 0. The van der Waals surface area contributed by atoms with E-state index in [-0.39, 0.29) is 54.6 Å². The van der Waals surface area contributed by atoms with E-state index >= 15 is 0 Å². The van der Waals surface area contributed by atoms with Crippen molar-refractivity contribution in [2.24, 2.45) is 0 Å². The third kappa shape index (κ3) is 337. The van der Waals surface area contributed by atoms with E-state index in [2.05, 4.69) is 0 Å². The van der Waals surface area contributed by atoms with Crippen LogP contribution in [0.15, 0.2) is 0 Å². The molecule has 0 rings (SSSR count). The van der Waals surface area contributed by atoms with Gasteiger partial charge in [0.25, 0.3) is 0 Å². The standard InChI is InChI=1S/3C2H6.Al.3ClH/c3*1-2;;;;/h3*1-2H3;;3*1H/q;;;+3;;;/p-3. The SMILES string of the molecule is CC.CC.CC.[Al+3].[Cl-].[Cl-].[Cl-]. The Morgan fingerprint density at radius 3 is 0.400 bits per heavy atom. The Kier molecular flexibility index (Phi) is 2980. The predicted octanol–water partition coefficient (Wildman–Crippen LogP) is -6.29. The van der Waals surface area contributed by atoms with Crippen molar-refractivity contribution >= 4 is 17.4 Å². The van der Waals surface area contributed by atoms with Crippen molar-refractivity contribution in [1.29, 1.82) is 0 Å². The van der Waals surface area contributed by atoms with E-state index in [1.807, 2.05) is 41.5 Å². The topological polar surface area (TPSA) is 0 Å². The molecule has 0 aromatic heterocycles. The Balaban J connectivity index is -0.00000000225. The van der Waals surface area contributed by atoms with Crippen molar-refractivity contribution in [1.82, 2.24) is 0 Å². The maximum atomic E-state index is 2.00. The van der Waals surface area contributed by atoms with E-state index in [0.717, 1.165) is 0 Å². The second-order valence-electron chi connectivity index (χ2n) is 0. The number of rotatable bonds is 0. The van der Waals surface area contributed by atoms with Crippen LogP contribution in [-0.4, -0.2) is 17.4 Å². The minimum absolute atomic E-state index is 0. The van der Waals surface area contributed by atoms with E-state index in [1.165, 1.54) is 0 Å². The van der Waals surface area contributed by atoms with Crippen LogP contribution in [0.4, 0.5) is 0 Å². The van der Waals surface area contributed by atoms with Gasteiger partial charge in [0.05, 0.1) is 0 Å². The van der Waals surface area contributed by atoms with Gasteiger partial charge in [-0.2, -0.15) is 0 Å². The molecule has 0 spiro atoms. The summed E-state index contributed by atoms with van der Waals surface area (Å²) in [6.45, 7) is 12.0. The molecular formula is C6H18AlCl3. The summed E-state index contributed by atoms with van der Waals surface area (Å²) in [5.41, 5.74) is 0. The molecule has 0 saturated heterocycles. The molecule has 0 aliphatic carbocycles. The molecule has 0 fully saturated rings. The van der Waals surface area contributed by atoms with Gasteiger partial charge >= 0.3 is 17.4 Å². The third-order valence-electron chi connectivity index (χ3n) is 0. The largest absolute Gasteiger partial charge is 3.00 e. The zero-order valence-corrected chi connectivity index (χ0v) is 11.1. The molecule has 0 aliphatic rings. The predicted molar refractivity (Wildman–Crippen MR) is 39.8 cm³/mol. The fourth-order valence-corrected chi connectivity index (χ4v) is 0. The van der Waals surface area contributed by atoms with Gasteiger partial charge < -0.3 is 37.2 Å². The number of hydrogen-bond donors (Lipinski definition) is 0. The first-order chi connectivity index (χ1) is 3.00. The second-order valence-corrected chi connectivity index (χ2v) is 0. The fraction of sp³-hybridized carbons (Fsp3) is 1.00. The van der Waals surface area contributed by atoms with E-state index in [4.69, 9.17) is 0 Å². The summed E-state index contributed by atoms with van der Waals surface area (Å²) in [7, 11) is 0. The van der Waals surface area contributed by atoms with Crippen LogP contribution in [0.25, 0.3) is 0 Å². The Hall–Kier alpha value is 1.40. The maximum Gasteiger partial charge on any atom is 3.00 e. The molecular weight excluding hydrogens is 205 g/mol. The van der Waals surface area contributed by atoms with Crippen molar-refractivity contribution in [2.75, 3.05) is 0 Å². The van der Waals surface area contributed by atoms with Crippen molar-refractivity contribution in [3.05, 3.63) is 0 Å². The summed E-state index contributed by atoms with van der Waals surface area (Å²) in [5, 5.41) is 0. The van der Waals surface area contributed by atoms with Gasteiger partial charge in [0.2, 0.25) is 0 Å². The molecule has 0 radical (unpaired) electrons. The summed E-state index contributed by atoms with van der Waals surface area (Å²) in [6.07, 6.45) is 0. The first kappa shape index (κ1) is 63.7. The summed E-state index contributed by atoms with van der Waals surface area (Å²) in [5.74, 6) is 0. The smallest absolute Gasteiger partial charge is 1.00 e. The van der Waals surface area contributed by atoms with Crippen molar-refractivity contribution < 1.29 is 37.2 Å². The Morgan fingerprint density at radius 1 is 0.400 bits per heavy atom. The molecule has 0 atom stereocenters. The van der Waals surface area contributed by atoms with Crippen molar-refractivity contribution in [2.45, 2.75) is 41.5 Å². The van der Waals surface area contributed by atoms with Crippen LogP contribution >= 0.6 is 0 Å². The van der Waals surface area contributed by atoms with Gasteiger partial charge in [-0.05, 0) is 0 Å². The molecule has 66 valence electrons. The van der Waals surface area contributed by atoms with Gasteiger partial charge in [-0.3, -0.25) is 0 Å². The molecule has 4 heteroatoms. The van der Waals surface area contributed by atoms with E-state index in [0.29, 0.717) is 0 Å². The number of hydrogen-bond acceptors (Lipinski definition) is 0. The summed E-state index contributed by atoms with van der Waals surface area (Å²) in [6, 6.07) is 0. The van der Waals surface area contributed by atoms with Crippen LogP contribution < -0.4 is 37.2 Å². The van der Waals surface area contributed by atoms with Gasteiger partial charge in [0, 0.05) is 0 Å². The molecule has 10 heavy (non-hydrogen) atoms.